The number of methoxy groups -OCH3 is 1. The molecule has 0 amide bonds. The molecular formula is C21H16N4O2S. The van der Waals surface area contributed by atoms with E-state index in [4.69, 9.17) is 15.4 Å². The van der Waals surface area contributed by atoms with Gasteiger partial charge in [0.15, 0.2) is 0 Å². The third kappa shape index (κ3) is 3.10. The van der Waals surface area contributed by atoms with Crippen molar-refractivity contribution in [2.75, 3.05) is 18.6 Å². The molecule has 2 aromatic carbocycles. The van der Waals surface area contributed by atoms with Gasteiger partial charge < -0.3 is 14.7 Å². The first-order valence-corrected chi connectivity index (χ1v) is 9.37. The monoisotopic (exact) mass is 388 g/mol. The minimum Gasteiger partial charge on any atom is -0.510 e. The van der Waals surface area contributed by atoms with Crippen molar-refractivity contribution >= 4 is 28.4 Å². The SMILES string of the molecule is COc1ccc(N2CC(O)=C(c3nc(-c4ccc(C#N)cc4)cs3)C2=N)cc1. The van der Waals surface area contributed by atoms with Crippen LogP contribution >= 0.6 is 11.3 Å². The number of hydrogen-bond acceptors (Lipinski definition) is 6. The lowest BCUT2D eigenvalue weighted by Gasteiger charge is -2.18. The second-order valence-electron chi connectivity index (χ2n) is 6.18. The molecule has 0 spiro atoms. The number of nitrogens with zero attached hydrogens (tertiary/aromatic N) is 3. The van der Waals surface area contributed by atoms with Crippen LogP contribution in [0.4, 0.5) is 5.69 Å². The van der Waals surface area contributed by atoms with Gasteiger partial charge in [-0.05, 0) is 36.4 Å². The summed E-state index contributed by atoms with van der Waals surface area (Å²) >= 11 is 1.38. The second-order valence-corrected chi connectivity index (χ2v) is 7.04. The molecule has 2 heterocycles. The first kappa shape index (κ1) is 17.8. The Kier molecular flexibility index (Phi) is 4.55. The van der Waals surface area contributed by atoms with Gasteiger partial charge in [-0.25, -0.2) is 4.98 Å². The molecule has 6 nitrogen and oxygen atoms in total. The second kappa shape index (κ2) is 7.18. The number of benzene rings is 2. The maximum absolute atomic E-state index is 10.5. The van der Waals surface area contributed by atoms with Gasteiger partial charge in [0.25, 0.3) is 0 Å². The van der Waals surface area contributed by atoms with E-state index < -0.39 is 0 Å². The maximum atomic E-state index is 10.5. The first-order chi connectivity index (χ1) is 13.6. The number of ether oxygens (including phenoxy) is 1. The van der Waals surface area contributed by atoms with Crippen molar-refractivity contribution in [2.45, 2.75) is 0 Å². The van der Waals surface area contributed by atoms with Gasteiger partial charge in [-0.15, -0.1) is 11.3 Å². The minimum atomic E-state index is 0.126. The highest BCUT2D eigenvalue weighted by Gasteiger charge is 2.31. The van der Waals surface area contributed by atoms with E-state index in [2.05, 4.69) is 11.1 Å². The molecule has 0 aliphatic carbocycles. The lowest BCUT2D eigenvalue weighted by molar-refractivity contribution is 0.411. The Morgan fingerprint density at radius 2 is 1.89 bits per heavy atom. The molecule has 2 N–H and O–H groups in total. The van der Waals surface area contributed by atoms with Crippen LogP contribution < -0.4 is 9.64 Å². The summed E-state index contributed by atoms with van der Waals surface area (Å²) in [6, 6.07) is 16.6. The number of aromatic nitrogens is 1. The molecule has 0 bridgehead atoms. The number of hydrogen-bond donors (Lipinski definition) is 2. The number of nitrogens with one attached hydrogen (secondary N) is 1. The van der Waals surface area contributed by atoms with Gasteiger partial charge in [0, 0.05) is 16.6 Å². The fraction of sp³-hybridized carbons (Fsp3) is 0.0952. The van der Waals surface area contributed by atoms with E-state index >= 15 is 0 Å². The van der Waals surface area contributed by atoms with Gasteiger partial charge >= 0.3 is 0 Å². The minimum absolute atomic E-state index is 0.126. The van der Waals surface area contributed by atoms with Crippen molar-refractivity contribution in [3.8, 4) is 23.1 Å². The Hall–Kier alpha value is -3.63. The average molecular weight is 388 g/mol. The van der Waals surface area contributed by atoms with Crippen molar-refractivity contribution in [1.29, 1.82) is 10.7 Å². The van der Waals surface area contributed by atoms with Crippen molar-refractivity contribution in [1.82, 2.24) is 4.98 Å². The number of anilines is 1. The number of thiazole rings is 1. The van der Waals surface area contributed by atoms with Gasteiger partial charge in [0.1, 0.15) is 22.4 Å². The summed E-state index contributed by atoms with van der Waals surface area (Å²) in [6.45, 7) is 0.228. The van der Waals surface area contributed by atoms with Crippen LogP contribution in [0.5, 0.6) is 5.75 Å². The first-order valence-electron chi connectivity index (χ1n) is 8.50. The Morgan fingerprint density at radius 3 is 2.54 bits per heavy atom. The van der Waals surface area contributed by atoms with Crippen LogP contribution in [0, 0.1) is 16.7 Å². The molecule has 1 aromatic heterocycles. The fourth-order valence-corrected chi connectivity index (χ4v) is 3.92. The van der Waals surface area contributed by atoms with Gasteiger partial charge in [0.05, 0.1) is 36.6 Å². The largest absolute Gasteiger partial charge is 0.510 e. The lowest BCUT2D eigenvalue weighted by atomic mass is 10.1. The maximum Gasteiger partial charge on any atom is 0.139 e. The van der Waals surface area contributed by atoms with Crippen LogP contribution in [0.1, 0.15) is 10.6 Å². The van der Waals surface area contributed by atoms with Crippen LogP contribution in [0.2, 0.25) is 0 Å². The van der Waals surface area contributed by atoms with E-state index in [9.17, 15) is 5.11 Å². The highest BCUT2D eigenvalue weighted by atomic mass is 32.1. The quantitative estimate of drug-likeness (QED) is 0.688. The third-order valence-electron chi connectivity index (χ3n) is 4.52. The zero-order valence-electron chi connectivity index (χ0n) is 15.0. The van der Waals surface area contributed by atoms with Crippen molar-refractivity contribution < 1.29 is 9.84 Å². The highest BCUT2D eigenvalue weighted by Crippen LogP contribution is 2.34. The van der Waals surface area contributed by atoms with Gasteiger partial charge in [-0.1, -0.05) is 12.1 Å². The molecule has 138 valence electrons. The van der Waals surface area contributed by atoms with Crippen molar-refractivity contribution in [3.63, 3.8) is 0 Å². The van der Waals surface area contributed by atoms with Gasteiger partial charge in [0.2, 0.25) is 0 Å². The third-order valence-corrected chi connectivity index (χ3v) is 5.37. The normalized spacial score (nSPS) is 13.7. The van der Waals surface area contributed by atoms with Crippen LogP contribution in [0.15, 0.2) is 59.7 Å². The van der Waals surface area contributed by atoms with Crippen molar-refractivity contribution in [2.24, 2.45) is 0 Å². The molecule has 0 radical (unpaired) electrons. The standard InChI is InChI=1S/C21H16N4O2S/c1-27-16-8-6-15(7-9-16)25-11-18(26)19(20(25)23)21-24-17(12-28-21)14-4-2-13(10-22)3-5-14/h2-9,12,23,26H,11H2,1H3. The average Bonchev–Trinajstić information content (AvgIpc) is 3.32. The number of rotatable bonds is 4. The van der Waals surface area contributed by atoms with Crippen LogP contribution in [0.25, 0.3) is 16.8 Å². The molecule has 0 saturated carbocycles. The molecule has 0 saturated heterocycles. The van der Waals surface area contributed by atoms with E-state index in [1.165, 1.54) is 11.3 Å². The molecule has 1 aliphatic heterocycles. The summed E-state index contributed by atoms with van der Waals surface area (Å²) in [5, 5.41) is 30.4. The number of nitriles is 1. The molecule has 1 aliphatic rings. The highest BCUT2D eigenvalue weighted by molar-refractivity contribution is 7.11. The van der Waals surface area contributed by atoms with Gasteiger partial charge in [-0.2, -0.15) is 5.26 Å². The molecular weight excluding hydrogens is 372 g/mol. The smallest absolute Gasteiger partial charge is 0.139 e. The summed E-state index contributed by atoms with van der Waals surface area (Å²) in [7, 11) is 1.60. The fourth-order valence-electron chi connectivity index (χ4n) is 3.02. The summed E-state index contributed by atoms with van der Waals surface area (Å²) in [5.74, 6) is 1.07. The van der Waals surface area contributed by atoms with E-state index in [0.29, 0.717) is 16.1 Å². The van der Waals surface area contributed by atoms with E-state index in [-0.39, 0.29) is 18.1 Å². The molecule has 0 atom stereocenters. The van der Waals surface area contributed by atoms with E-state index in [0.717, 1.165) is 22.7 Å². The summed E-state index contributed by atoms with van der Waals surface area (Å²) < 4.78 is 5.17. The van der Waals surface area contributed by atoms with Crippen molar-refractivity contribution in [3.05, 3.63) is 70.2 Å². The summed E-state index contributed by atoms with van der Waals surface area (Å²) in [6.07, 6.45) is 0. The zero-order chi connectivity index (χ0) is 19.7. The van der Waals surface area contributed by atoms with Gasteiger partial charge in [-0.3, -0.25) is 5.41 Å². The van der Waals surface area contributed by atoms with E-state index in [1.807, 2.05) is 41.8 Å². The molecule has 4 rings (SSSR count). The molecule has 28 heavy (non-hydrogen) atoms. The molecule has 0 fully saturated rings. The molecule has 7 heteroatoms. The zero-order valence-corrected chi connectivity index (χ0v) is 15.8. The number of aliphatic hydroxyl groups excluding tert-OH is 1. The summed E-state index contributed by atoms with van der Waals surface area (Å²) in [5.41, 5.74) is 3.47. The number of amidine groups is 1. The Balaban J connectivity index is 1.60. The predicted molar refractivity (Wildman–Crippen MR) is 110 cm³/mol. The summed E-state index contributed by atoms with van der Waals surface area (Å²) in [4.78, 5) is 6.33. The lowest BCUT2D eigenvalue weighted by Crippen LogP contribution is -2.25. The van der Waals surface area contributed by atoms with Crippen LogP contribution in [-0.2, 0) is 0 Å². The molecule has 3 aromatic rings. The Morgan fingerprint density at radius 1 is 1.18 bits per heavy atom. The van der Waals surface area contributed by atoms with E-state index in [1.54, 1.807) is 24.1 Å². The number of aliphatic hydroxyl groups is 1. The van der Waals surface area contributed by atoms with Crippen LogP contribution in [0.3, 0.4) is 0 Å². The topological polar surface area (TPSA) is 93.2 Å². The van der Waals surface area contributed by atoms with Crippen LogP contribution in [-0.4, -0.2) is 29.6 Å². The Bertz CT molecular complexity index is 1110. The molecule has 0 unspecified atom stereocenters. The Labute approximate surface area is 166 Å². The predicted octanol–water partition coefficient (Wildman–Crippen LogP) is 4.46.